The molecule has 0 aliphatic carbocycles. The van der Waals surface area contributed by atoms with Crippen LogP contribution in [0.4, 0.5) is 4.79 Å². The Morgan fingerprint density at radius 1 is 0.836 bits per heavy atom. The molecule has 12 heteroatoms. The molecule has 3 aliphatic heterocycles. The number of unbranched alkanes of at least 4 members (excludes halogenated alkanes) is 6. The van der Waals surface area contributed by atoms with E-state index in [0.29, 0.717) is 53.1 Å². The molecule has 4 heterocycles. The second-order valence-electron chi connectivity index (χ2n) is 16.7. The average Bonchev–Trinajstić information content (AvgIpc) is 3.27. The topological polar surface area (TPSA) is 150 Å². The van der Waals surface area contributed by atoms with Crippen LogP contribution >= 0.6 is 15.9 Å². The highest BCUT2D eigenvalue weighted by atomic mass is 79.9. The number of Topliss-reactive ketones (excluding diaryl/α,β-unsaturated/α-hetero) is 1. The van der Waals surface area contributed by atoms with E-state index in [1.807, 2.05) is 78.9 Å². The minimum absolute atomic E-state index is 0.0171. The van der Waals surface area contributed by atoms with Crippen LogP contribution in [0, 0.1) is 5.92 Å². The molecule has 2 unspecified atom stereocenters. The van der Waals surface area contributed by atoms with Crippen LogP contribution in [0.5, 0.6) is 11.5 Å². The van der Waals surface area contributed by atoms with Crippen molar-refractivity contribution in [3.05, 3.63) is 140 Å². The standard InChI is InChI=1S/C49H57BrN4O7/c50-41-21-18-37(60-29-13-5-3-1-2-4-12-26-51-31-43(56)38-19-22-42(55)48-39(38)20-23-46(58)52-48)30-40(41)47(36-16-10-7-11-17-36)53-49(59)61-45-33-54(27-24-35(45)25-28-54)32-44(57)34-14-8-6-9-15-34/h6-11,14-23,30,35,43,45,47,51,56H,1-5,12-13,24-29,31-33H2,(H2-,52,53,55,58,59)/p+1/t35?,43?,45-,47?,54?/m0/s1. The maximum atomic E-state index is 13.7. The molecule has 3 atom stereocenters. The molecule has 5 aromatic rings. The van der Waals surface area contributed by atoms with E-state index in [9.17, 15) is 24.6 Å². The van der Waals surface area contributed by atoms with E-state index in [-0.39, 0.29) is 23.2 Å². The number of aliphatic hydroxyl groups is 1. The van der Waals surface area contributed by atoms with Gasteiger partial charge in [-0.1, -0.05) is 115 Å². The second kappa shape index (κ2) is 21.2. The number of aromatic hydroxyl groups is 1. The predicted molar refractivity (Wildman–Crippen MR) is 241 cm³/mol. The number of phenolic OH excluding ortho intramolecular Hbond substituents is 1. The van der Waals surface area contributed by atoms with Crippen LogP contribution in [0.25, 0.3) is 10.9 Å². The summed E-state index contributed by atoms with van der Waals surface area (Å²) in [7, 11) is 0. The number of fused-ring (bicyclic) bond motifs is 4. The van der Waals surface area contributed by atoms with Gasteiger partial charge in [-0.25, -0.2) is 4.79 Å². The van der Waals surface area contributed by atoms with Gasteiger partial charge in [-0.3, -0.25) is 9.59 Å². The van der Waals surface area contributed by atoms with Crippen LogP contribution < -0.4 is 20.9 Å². The number of piperidine rings is 3. The molecule has 5 N–H and O–H groups in total. The first-order valence-corrected chi connectivity index (χ1v) is 22.6. The zero-order chi connectivity index (χ0) is 42.6. The van der Waals surface area contributed by atoms with Gasteiger partial charge in [0.15, 0.2) is 6.10 Å². The first-order chi connectivity index (χ1) is 29.7. The number of benzene rings is 4. The number of amides is 1. The lowest BCUT2D eigenvalue weighted by Gasteiger charge is -2.51. The zero-order valence-corrected chi connectivity index (χ0v) is 36.3. The van der Waals surface area contributed by atoms with Gasteiger partial charge >= 0.3 is 6.09 Å². The van der Waals surface area contributed by atoms with Gasteiger partial charge < -0.3 is 39.8 Å². The first kappa shape index (κ1) is 44.1. The van der Waals surface area contributed by atoms with Gasteiger partial charge in [0.05, 0.1) is 37.4 Å². The largest absolute Gasteiger partial charge is 0.506 e. The summed E-state index contributed by atoms with van der Waals surface area (Å²) in [6.07, 6.45) is 7.95. The van der Waals surface area contributed by atoms with Crippen molar-refractivity contribution < 1.29 is 33.8 Å². The highest BCUT2D eigenvalue weighted by Gasteiger charge is 2.48. The smallest absolute Gasteiger partial charge is 0.408 e. The highest BCUT2D eigenvalue weighted by Crippen LogP contribution is 2.37. The fraction of sp³-hybridized carbons (Fsp3) is 0.408. The molecule has 2 bridgehead atoms. The molecule has 61 heavy (non-hydrogen) atoms. The van der Waals surface area contributed by atoms with E-state index in [4.69, 9.17) is 9.47 Å². The van der Waals surface area contributed by atoms with E-state index in [2.05, 4.69) is 31.5 Å². The van der Waals surface area contributed by atoms with Gasteiger partial charge in [0.2, 0.25) is 11.3 Å². The minimum Gasteiger partial charge on any atom is -0.506 e. The Balaban J connectivity index is 0.827. The number of ketones is 1. The summed E-state index contributed by atoms with van der Waals surface area (Å²) in [4.78, 5) is 41.3. The van der Waals surface area contributed by atoms with Crippen molar-refractivity contribution in [3.63, 3.8) is 0 Å². The molecule has 1 aromatic heterocycles. The Kier molecular flexibility index (Phi) is 15.3. The molecule has 0 spiro atoms. The summed E-state index contributed by atoms with van der Waals surface area (Å²) in [6.45, 7) is 4.72. The number of carbonyl (C=O) groups excluding carboxylic acids is 2. The number of aromatic nitrogens is 1. The van der Waals surface area contributed by atoms with Crippen LogP contribution in [0.1, 0.15) is 97.0 Å². The van der Waals surface area contributed by atoms with Crippen molar-refractivity contribution in [2.24, 2.45) is 5.92 Å². The fourth-order valence-electron chi connectivity index (χ4n) is 9.03. The highest BCUT2D eigenvalue weighted by molar-refractivity contribution is 9.10. The molecule has 1 amide bonds. The summed E-state index contributed by atoms with van der Waals surface area (Å²) in [5, 5.41) is 28.0. The maximum absolute atomic E-state index is 13.7. The predicted octanol–water partition coefficient (Wildman–Crippen LogP) is 8.74. The quantitative estimate of drug-likeness (QED) is 0.0279. The van der Waals surface area contributed by atoms with E-state index < -0.39 is 18.2 Å². The van der Waals surface area contributed by atoms with Crippen molar-refractivity contribution in [2.75, 3.05) is 45.9 Å². The number of hydrogen-bond acceptors (Lipinski definition) is 8. The Bertz CT molecular complexity index is 2280. The third kappa shape index (κ3) is 11.7. The number of ether oxygens (including phenoxy) is 2. The van der Waals surface area contributed by atoms with Gasteiger partial charge in [-0.05, 0) is 66.4 Å². The number of phenols is 1. The van der Waals surface area contributed by atoms with E-state index in [0.717, 1.165) is 104 Å². The van der Waals surface area contributed by atoms with Gasteiger partial charge in [0, 0.05) is 46.8 Å². The molecule has 8 rings (SSSR count). The molecule has 322 valence electrons. The number of alkyl carbamates (subject to hydrolysis) is 1. The zero-order valence-electron chi connectivity index (χ0n) is 34.7. The number of H-pyrrole nitrogens is 1. The number of rotatable bonds is 21. The number of halogens is 1. The van der Waals surface area contributed by atoms with Crippen LogP contribution in [-0.2, 0) is 4.74 Å². The van der Waals surface area contributed by atoms with Crippen LogP contribution in [0.2, 0.25) is 0 Å². The van der Waals surface area contributed by atoms with Gasteiger partial charge in [0.25, 0.3) is 0 Å². The number of quaternary nitrogens is 1. The van der Waals surface area contributed by atoms with E-state index in [1.54, 1.807) is 12.1 Å². The third-order valence-corrected chi connectivity index (χ3v) is 13.1. The summed E-state index contributed by atoms with van der Waals surface area (Å²) in [5.41, 5.74) is 3.24. The monoisotopic (exact) mass is 893 g/mol. The number of nitrogens with one attached hydrogen (secondary N) is 3. The third-order valence-electron chi connectivity index (χ3n) is 12.4. The molecule has 0 saturated carbocycles. The lowest BCUT2D eigenvalue weighted by molar-refractivity contribution is -0.938. The Labute approximate surface area is 366 Å². The summed E-state index contributed by atoms with van der Waals surface area (Å²) in [5.74, 6) is 1.16. The molecular formula is C49H58BrN4O7+. The molecule has 11 nitrogen and oxygen atoms in total. The molecule has 0 radical (unpaired) electrons. The SMILES string of the molecule is O=C(NC(c1ccccc1)c1cc(OCCCCCCCCCNCC(O)c2ccc(O)c3[nH]c(=O)ccc23)ccc1Br)O[C@H]1C[N+]2(CC(=O)c3ccccc3)CCC1CC2. The number of hydrogen-bond donors (Lipinski definition) is 5. The lowest BCUT2D eigenvalue weighted by Crippen LogP contribution is -2.66. The molecule has 3 aliphatic rings. The number of pyridine rings is 1. The first-order valence-electron chi connectivity index (χ1n) is 21.8. The van der Waals surface area contributed by atoms with Gasteiger partial charge in [-0.2, -0.15) is 0 Å². The number of carbonyl (C=O) groups is 2. The second-order valence-corrected chi connectivity index (χ2v) is 17.6. The fourth-order valence-corrected chi connectivity index (χ4v) is 9.50. The van der Waals surface area contributed by atoms with Gasteiger partial charge in [-0.15, -0.1) is 0 Å². The Hall–Kier alpha value is -5.01. The summed E-state index contributed by atoms with van der Waals surface area (Å²) in [6, 6.07) is 31.0. The molecule has 3 saturated heterocycles. The molecular weight excluding hydrogens is 836 g/mol. The van der Waals surface area contributed by atoms with E-state index >= 15 is 0 Å². The van der Waals surface area contributed by atoms with Crippen molar-refractivity contribution in [3.8, 4) is 11.5 Å². The van der Waals surface area contributed by atoms with Crippen molar-refractivity contribution in [2.45, 2.75) is 76.0 Å². The molecule has 3 fully saturated rings. The summed E-state index contributed by atoms with van der Waals surface area (Å²) >= 11 is 3.74. The van der Waals surface area contributed by atoms with Crippen molar-refractivity contribution in [1.29, 1.82) is 0 Å². The van der Waals surface area contributed by atoms with Crippen molar-refractivity contribution >= 4 is 38.7 Å². The van der Waals surface area contributed by atoms with Crippen LogP contribution in [0.3, 0.4) is 0 Å². The van der Waals surface area contributed by atoms with Crippen molar-refractivity contribution in [1.82, 2.24) is 15.6 Å². The Morgan fingerprint density at radius 3 is 2.30 bits per heavy atom. The lowest BCUT2D eigenvalue weighted by atomic mass is 9.83. The summed E-state index contributed by atoms with van der Waals surface area (Å²) < 4.78 is 14.0. The number of aliphatic hydroxyl groups excluding tert-OH is 1. The van der Waals surface area contributed by atoms with Crippen LogP contribution in [-0.4, -0.2) is 83.5 Å². The average molecular weight is 895 g/mol. The van der Waals surface area contributed by atoms with Crippen LogP contribution in [0.15, 0.2) is 112 Å². The van der Waals surface area contributed by atoms with Gasteiger partial charge in [0.1, 0.15) is 24.6 Å². The molecule has 4 aromatic carbocycles. The minimum atomic E-state index is -0.758. The normalized spacial score (nSPS) is 19.3. The Morgan fingerprint density at radius 2 is 1.54 bits per heavy atom. The maximum Gasteiger partial charge on any atom is 0.408 e. The number of aromatic amines is 1. The number of nitrogens with zero attached hydrogens (tertiary/aromatic N) is 1. The van der Waals surface area contributed by atoms with E-state index in [1.165, 1.54) is 12.1 Å².